The Hall–Kier alpha value is -3.09. The van der Waals surface area contributed by atoms with Crippen LogP contribution in [0.4, 0.5) is 9.18 Å². The molecule has 2 aromatic carbocycles. The van der Waals surface area contributed by atoms with Gasteiger partial charge in [0.05, 0.1) is 19.1 Å². The molecule has 31 heavy (non-hydrogen) atoms. The van der Waals surface area contributed by atoms with E-state index in [2.05, 4.69) is 0 Å². The molecular formula is C24H27FN2O4. The molecule has 2 amide bonds. The summed E-state index contributed by atoms with van der Waals surface area (Å²) < 4.78 is 24.7. The number of hydrogen-bond acceptors (Lipinski definition) is 4. The van der Waals surface area contributed by atoms with Gasteiger partial charge in [-0.05, 0) is 37.5 Å². The number of carbonyl (C=O) groups is 2. The summed E-state index contributed by atoms with van der Waals surface area (Å²) in [7, 11) is 0. The minimum absolute atomic E-state index is 0.0194. The standard InChI is InChI=1S/C24H27FN2O4/c1-17-23(18-7-3-2-4-8-18)31-24(29)27(17)19-11-14-26(15-12-19)22(28)13-16-30-21-10-6-5-9-20(21)25/h2-10,17,19,23H,11-16H2,1H3. The first-order chi connectivity index (χ1) is 15.0. The van der Waals surface area contributed by atoms with Crippen LogP contribution in [0, 0.1) is 5.82 Å². The maximum absolute atomic E-state index is 13.6. The molecule has 2 unspecified atom stereocenters. The Bertz CT molecular complexity index is 915. The second-order valence-corrected chi connectivity index (χ2v) is 8.00. The van der Waals surface area contributed by atoms with E-state index in [1.807, 2.05) is 42.2 Å². The van der Waals surface area contributed by atoms with Gasteiger partial charge in [0.2, 0.25) is 5.91 Å². The van der Waals surface area contributed by atoms with Crippen LogP contribution in [0.2, 0.25) is 0 Å². The Morgan fingerprint density at radius 2 is 1.77 bits per heavy atom. The molecule has 2 aromatic rings. The number of halogens is 1. The minimum Gasteiger partial charge on any atom is -0.490 e. The number of nitrogens with zero attached hydrogens (tertiary/aromatic N) is 2. The quantitative estimate of drug-likeness (QED) is 0.696. The first kappa shape index (κ1) is 21.2. The molecule has 2 aliphatic heterocycles. The van der Waals surface area contributed by atoms with E-state index >= 15 is 0 Å². The number of amides is 2. The molecule has 2 fully saturated rings. The van der Waals surface area contributed by atoms with Crippen molar-refractivity contribution < 1.29 is 23.5 Å². The molecule has 0 radical (unpaired) electrons. The topological polar surface area (TPSA) is 59.1 Å². The Morgan fingerprint density at radius 3 is 2.48 bits per heavy atom. The lowest BCUT2D eigenvalue weighted by Gasteiger charge is -2.37. The number of likely N-dealkylation sites (tertiary alicyclic amines) is 1. The Morgan fingerprint density at radius 1 is 1.10 bits per heavy atom. The van der Waals surface area contributed by atoms with Gasteiger partial charge in [-0.3, -0.25) is 9.69 Å². The number of hydrogen-bond donors (Lipinski definition) is 0. The molecule has 0 aromatic heterocycles. The monoisotopic (exact) mass is 426 g/mol. The number of rotatable bonds is 6. The highest BCUT2D eigenvalue weighted by Gasteiger charge is 2.44. The Labute approximate surface area is 181 Å². The van der Waals surface area contributed by atoms with Gasteiger partial charge < -0.3 is 14.4 Å². The van der Waals surface area contributed by atoms with Crippen molar-refractivity contribution in [2.75, 3.05) is 19.7 Å². The summed E-state index contributed by atoms with van der Waals surface area (Å²) in [6, 6.07) is 15.9. The summed E-state index contributed by atoms with van der Waals surface area (Å²) in [4.78, 5) is 28.7. The van der Waals surface area contributed by atoms with E-state index in [1.165, 1.54) is 6.07 Å². The highest BCUT2D eigenvalue weighted by atomic mass is 19.1. The number of benzene rings is 2. The van der Waals surface area contributed by atoms with E-state index in [9.17, 15) is 14.0 Å². The maximum atomic E-state index is 13.6. The first-order valence-electron chi connectivity index (χ1n) is 10.7. The third kappa shape index (κ3) is 4.65. The average Bonchev–Trinajstić information content (AvgIpc) is 3.09. The van der Waals surface area contributed by atoms with Crippen LogP contribution >= 0.6 is 0 Å². The van der Waals surface area contributed by atoms with Gasteiger partial charge in [0, 0.05) is 19.1 Å². The third-order valence-electron chi connectivity index (χ3n) is 6.06. The molecule has 2 saturated heterocycles. The van der Waals surface area contributed by atoms with Gasteiger partial charge in [0.25, 0.3) is 0 Å². The van der Waals surface area contributed by atoms with Crippen molar-refractivity contribution in [1.29, 1.82) is 0 Å². The van der Waals surface area contributed by atoms with Crippen LogP contribution < -0.4 is 4.74 Å². The molecular weight excluding hydrogens is 399 g/mol. The predicted molar refractivity (Wildman–Crippen MR) is 113 cm³/mol. The van der Waals surface area contributed by atoms with Crippen LogP contribution in [-0.4, -0.2) is 53.6 Å². The number of carbonyl (C=O) groups excluding carboxylic acids is 2. The van der Waals surface area contributed by atoms with Crippen LogP contribution in [0.5, 0.6) is 5.75 Å². The largest absolute Gasteiger partial charge is 0.490 e. The van der Waals surface area contributed by atoms with E-state index in [4.69, 9.17) is 9.47 Å². The molecule has 2 heterocycles. The molecule has 0 N–H and O–H groups in total. The van der Waals surface area contributed by atoms with Crippen molar-refractivity contribution >= 4 is 12.0 Å². The molecule has 4 rings (SSSR count). The summed E-state index contributed by atoms with van der Waals surface area (Å²) in [5.41, 5.74) is 0.994. The van der Waals surface area contributed by atoms with E-state index in [-0.39, 0.29) is 49.0 Å². The molecule has 0 saturated carbocycles. The fourth-order valence-corrected chi connectivity index (χ4v) is 4.41. The number of piperidine rings is 1. The van der Waals surface area contributed by atoms with Crippen molar-refractivity contribution in [3.63, 3.8) is 0 Å². The van der Waals surface area contributed by atoms with Crippen molar-refractivity contribution in [1.82, 2.24) is 9.80 Å². The fraction of sp³-hybridized carbons (Fsp3) is 0.417. The van der Waals surface area contributed by atoms with Gasteiger partial charge in [0.1, 0.15) is 6.10 Å². The second kappa shape index (κ2) is 9.37. The van der Waals surface area contributed by atoms with Crippen molar-refractivity contribution in [3.05, 3.63) is 66.0 Å². The summed E-state index contributed by atoms with van der Waals surface area (Å²) in [5.74, 6) is -0.298. The lowest BCUT2D eigenvalue weighted by molar-refractivity contribution is -0.133. The van der Waals surface area contributed by atoms with Gasteiger partial charge in [0.15, 0.2) is 11.6 Å². The molecule has 7 heteroatoms. The number of para-hydroxylation sites is 1. The Balaban J connectivity index is 1.27. The van der Waals surface area contributed by atoms with Crippen LogP contribution in [0.15, 0.2) is 54.6 Å². The molecule has 2 aliphatic rings. The predicted octanol–water partition coefficient (Wildman–Crippen LogP) is 4.17. The summed E-state index contributed by atoms with van der Waals surface area (Å²) >= 11 is 0. The van der Waals surface area contributed by atoms with E-state index in [0.717, 1.165) is 5.56 Å². The normalized spacial score (nSPS) is 21.8. The average molecular weight is 426 g/mol. The van der Waals surface area contributed by atoms with Crippen LogP contribution in [0.25, 0.3) is 0 Å². The van der Waals surface area contributed by atoms with Crippen molar-refractivity contribution in [2.45, 2.75) is 44.4 Å². The summed E-state index contributed by atoms with van der Waals surface area (Å²) in [6.45, 7) is 3.31. The van der Waals surface area contributed by atoms with E-state index in [0.29, 0.717) is 25.9 Å². The summed E-state index contributed by atoms with van der Waals surface area (Å²) in [5, 5.41) is 0. The van der Waals surface area contributed by atoms with Gasteiger partial charge >= 0.3 is 6.09 Å². The summed E-state index contributed by atoms with van der Waals surface area (Å²) in [6.07, 6.45) is 1.05. The zero-order chi connectivity index (χ0) is 21.8. The Kier molecular flexibility index (Phi) is 6.39. The molecule has 0 aliphatic carbocycles. The lowest BCUT2D eigenvalue weighted by atomic mass is 9.98. The van der Waals surface area contributed by atoms with Crippen molar-refractivity contribution in [3.8, 4) is 5.75 Å². The highest BCUT2D eigenvalue weighted by molar-refractivity contribution is 5.76. The van der Waals surface area contributed by atoms with Crippen LogP contribution in [-0.2, 0) is 9.53 Å². The molecule has 0 bridgehead atoms. The van der Waals surface area contributed by atoms with Gasteiger partial charge in [-0.1, -0.05) is 42.5 Å². The molecule has 164 valence electrons. The SMILES string of the molecule is CC1C(c2ccccc2)OC(=O)N1C1CCN(C(=O)CCOc2ccccc2F)CC1. The van der Waals surface area contributed by atoms with E-state index < -0.39 is 5.82 Å². The van der Waals surface area contributed by atoms with Gasteiger partial charge in [-0.25, -0.2) is 9.18 Å². The molecule has 6 nitrogen and oxygen atoms in total. The maximum Gasteiger partial charge on any atom is 0.411 e. The molecule has 0 spiro atoms. The fourth-order valence-electron chi connectivity index (χ4n) is 4.41. The zero-order valence-corrected chi connectivity index (χ0v) is 17.6. The van der Waals surface area contributed by atoms with Gasteiger partial charge in [-0.15, -0.1) is 0 Å². The van der Waals surface area contributed by atoms with Crippen molar-refractivity contribution in [2.24, 2.45) is 0 Å². The van der Waals surface area contributed by atoms with E-state index in [1.54, 1.807) is 23.1 Å². The second-order valence-electron chi connectivity index (χ2n) is 8.00. The minimum atomic E-state index is -0.434. The molecule has 2 atom stereocenters. The zero-order valence-electron chi connectivity index (χ0n) is 17.6. The third-order valence-corrected chi connectivity index (χ3v) is 6.06. The van der Waals surface area contributed by atoms with Crippen LogP contribution in [0.3, 0.4) is 0 Å². The smallest absolute Gasteiger partial charge is 0.411 e. The highest BCUT2D eigenvalue weighted by Crippen LogP contribution is 2.35. The lowest BCUT2D eigenvalue weighted by Crippen LogP contribution is -2.49. The number of ether oxygens (including phenoxy) is 2. The van der Waals surface area contributed by atoms with Gasteiger partial charge in [-0.2, -0.15) is 0 Å². The number of cyclic esters (lactones) is 1. The van der Waals surface area contributed by atoms with Crippen LogP contribution in [0.1, 0.15) is 37.9 Å². The first-order valence-corrected chi connectivity index (χ1v) is 10.7.